The lowest BCUT2D eigenvalue weighted by atomic mass is 10.1. The van der Waals surface area contributed by atoms with Crippen molar-refractivity contribution >= 4 is 35.3 Å². The normalized spacial score (nSPS) is 15.6. The average Bonchev–Trinajstić information content (AvgIpc) is 2.74. The van der Waals surface area contributed by atoms with Crippen LogP contribution in [-0.2, 0) is 9.53 Å². The maximum atomic E-state index is 12.4. The molecule has 14 heteroatoms. The van der Waals surface area contributed by atoms with Gasteiger partial charge in [-0.3, -0.25) is 19.7 Å². The van der Waals surface area contributed by atoms with Crippen molar-refractivity contribution < 1.29 is 33.9 Å². The number of esters is 1. The number of hydrogen-bond donors (Lipinski definition) is 2. The first kappa shape index (κ1) is 25.6. The fourth-order valence-electron chi connectivity index (χ4n) is 2.81. The van der Waals surface area contributed by atoms with Gasteiger partial charge in [0.2, 0.25) is 0 Å². The number of rotatable bonds is 9. The smallest absolute Gasteiger partial charge is 0.352 e. The Kier molecular flexibility index (Phi) is 8.37. The third kappa shape index (κ3) is 5.98. The minimum atomic E-state index is -1.34. The Balaban J connectivity index is 2.62. The van der Waals surface area contributed by atoms with Gasteiger partial charge < -0.3 is 19.5 Å². The van der Waals surface area contributed by atoms with Gasteiger partial charge in [0, 0.05) is 19.7 Å². The number of hydrazine groups is 1. The van der Waals surface area contributed by atoms with E-state index >= 15 is 0 Å². The first-order chi connectivity index (χ1) is 15.5. The molecule has 1 unspecified atom stereocenters. The van der Waals surface area contributed by atoms with Gasteiger partial charge in [0.25, 0.3) is 11.8 Å². The number of amides is 1. The van der Waals surface area contributed by atoms with E-state index in [9.17, 15) is 29.6 Å². The summed E-state index contributed by atoms with van der Waals surface area (Å²) in [5.41, 5.74) is -2.06. The summed E-state index contributed by atoms with van der Waals surface area (Å²) in [6, 6.07) is 3.48. The van der Waals surface area contributed by atoms with Crippen molar-refractivity contribution in [1.29, 1.82) is 0 Å². The number of benzene rings is 1. The van der Waals surface area contributed by atoms with Crippen molar-refractivity contribution in [2.75, 3.05) is 27.0 Å². The Morgan fingerprint density at radius 1 is 1.30 bits per heavy atom. The van der Waals surface area contributed by atoms with E-state index in [-0.39, 0.29) is 29.2 Å². The molecule has 33 heavy (non-hydrogen) atoms. The molecular weight excluding hydrogens is 458 g/mol. The maximum absolute atomic E-state index is 12.4. The minimum absolute atomic E-state index is 0.0145. The summed E-state index contributed by atoms with van der Waals surface area (Å²) in [6.07, 6.45) is 1.14. The molecule has 3 N–H and O–H groups in total. The predicted molar refractivity (Wildman–Crippen MR) is 118 cm³/mol. The quantitative estimate of drug-likeness (QED) is 0.224. The molecule has 0 spiro atoms. The van der Waals surface area contributed by atoms with Gasteiger partial charge in [-0.15, -0.1) is 11.8 Å². The van der Waals surface area contributed by atoms with E-state index in [4.69, 9.17) is 15.3 Å². The fourth-order valence-corrected chi connectivity index (χ4v) is 3.36. The van der Waals surface area contributed by atoms with E-state index in [0.29, 0.717) is 0 Å². The number of allylic oxidation sites excluding steroid dienone is 1. The summed E-state index contributed by atoms with van der Waals surface area (Å²) in [6.45, 7) is 1.67. The van der Waals surface area contributed by atoms with Crippen LogP contribution in [0.1, 0.15) is 34.1 Å². The molecule has 0 bridgehead atoms. The lowest BCUT2D eigenvalue weighted by molar-refractivity contribution is -0.419. The van der Waals surface area contributed by atoms with Crippen LogP contribution in [0.5, 0.6) is 5.75 Å². The average molecular weight is 481 g/mol. The van der Waals surface area contributed by atoms with Crippen molar-refractivity contribution in [2.24, 2.45) is 10.8 Å². The lowest BCUT2D eigenvalue weighted by Crippen LogP contribution is -2.45. The van der Waals surface area contributed by atoms with Gasteiger partial charge in [-0.2, -0.15) is 0 Å². The standard InChI is InChI=1S/C19H23N5O8S/c1-5-31-14(25)9-13-15(24(29)30)17(23(20)19(21-13)33-4)32-12-7-10(16(26)22(2)3)6-11(8-12)18(27)28/h6-8,19H,5,9,20H2,1-4H3,(H,27,28). The van der Waals surface area contributed by atoms with Crippen LogP contribution in [0, 0.1) is 10.1 Å². The Morgan fingerprint density at radius 2 is 1.94 bits per heavy atom. The molecule has 1 amide bonds. The number of carbonyl (C=O) groups is 3. The van der Waals surface area contributed by atoms with Crippen molar-refractivity contribution in [3.8, 4) is 5.75 Å². The molecule has 0 aromatic heterocycles. The van der Waals surface area contributed by atoms with Gasteiger partial charge in [-0.05, 0) is 31.4 Å². The van der Waals surface area contributed by atoms with Crippen LogP contribution in [-0.4, -0.2) is 76.0 Å². The first-order valence-electron chi connectivity index (χ1n) is 9.46. The molecule has 1 aromatic rings. The number of nitrogens with zero attached hydrogens (tertiary/aromatic N) is 4. The van der Waals surface area contributed by atoms with Gasteiger partial charge in [0.05, 0.1) is 23.5 Å². The highest BCUT2D eigenvalue weighted by Gasteiger charge is 2.39. The highest BCUT2D eigenvalue weighted by Crippen LogP contribution is 2.30. The van der Waals surface area contributed by atoms with E-state index in [1.807, 2.05) is 0 Å². The molecule has 0 aliphatic carbocycles. The van der Waals surface area contributed by atoms with Crippen LogP contribution in [0.15, 0.2) is 34.8 Å². The number of thioether (sulfide) groups is 1. The molecule has 0 fully saturated rings. The molecule has 1 aromatic carbocycles. The summed E-state index contributed by atoms with van der Waals surface area (Å²) in [7, 11) is 2.96. The van der Waals surface area contributed by atoms with Crippen molar-refractivity contribution in [1.82, 2.24) is 9.91 Å². The number of hydrogen-bond acceptors (Lipinski definition) is 11. The van der Waals surface area contributed by atoms with Crippen LogP contribution >= 0.6 is 11.8 Å². The number of aromatic carboxylic acids is 1. The summed E-state index contributed by atoms with van der Waals surface area (Å²) in [4.78, 5) is 52.4. The Hall–Kier alpha value is -3.65. The van der Waals surface area contributed by atoms with Crippen LogP contribution in [0.3, 0.4) is 0 Å². The zero-order chi connectivity index (χ0) is 24.9. The summed E-state index contributed by atoms with van der Waals surface area (Å²) >= 11 is 1.12. The van der Waals surface area contributed by atoms with Crippen molar-refractivity contribution in [3.63, 3.8) is 0 Å². The Bertz CT molecular complexity index is 1040. The molecule has 0 saturated carbocycles. The van der Waals surface area contributed by atoms with Gasteiger partial charge in [-0.1, -0.05) is 0 Å². The second kappa shape index (κ2) is 10.8. The van der Waals surface area contributed by atoms with E-state index in [2.05, 4.69) is 4.99 Å². The number of ether oxygens (including phenoxy) is 2. The SMILES string of the molecule is CCOC(=O)CC1=NC(SC)N(N)C(Oc2cc(C(=O)O)cc(C(=O)N(C)C)c2)=C1[N+](=O)[O-]. The monoisotopic (exact) mass is 481 g/mol. The summed E-state index contributed by atoms with van der Waals surface area (Å²) < 4.78 is 10.5. The molecular formula is C19H23N5O8S. The van der Waals surface area contributed by atoms with E-state index < -0.39 is 46.3 Å². The summed E-state index contributed by atoms with van der Waals surface area (Å²) in [5.74, 6) is 2.79. The Morgan fingerprint density at radius 3 is 2.45 bits per heavy atom. The third-order valence-corrected chi connectivity index (χ3v) is 5.00. The molecule has 13 nitrogen and oxygen atoms in total. The number of carboxylic acid groups (broad SMARTS) is 1. The third-order valence-electron chi connectivity index (χ3n) is 4.25. The van der Waals surface area contributed by atoms with E-state index in [1.54, 1.807) is 13.2 Å². The number of carbonyl (C=O) groups excluding carboxylic acids is 2. The maximum Gasteiger partial charge on any atom is 0.352 e. The zero-order valence-corrected chi connectivity index (χ0v) is 19.1. The number of aliphatic imine (C=N–C) groups is 1. The van der Waals surface area contributed by atoms with E-state index in [1.165, 1.54) is 25.1 Å². The fraction of sp³-hybridized carbons (Fsp3) is 0.368. The van der Waals surface area contributed by atoms with Gasteiger partial charge in [-0.25, -0.2) is 20.6 Å². The first-order valence-corrected chi connectivity index (χ1v) is 10.7. The molecule has 1 heterocycles. The molecule has 0 radical (unpaired) electrons. The molecule has 0 saturated heterocycles. The van der Waals surface area contributed by atoms with Crippen LogP contribution in [0.25, 0.3) is 0 Å². The lowest BCUT2D eigenvalue weighted by Gasteiger charge is -2.30. The van der Waals surface area contributed by atoms with Gasteiger partial charge in [0.15, 0.2) is 5.50 Å². The predicted octanol–water partition coefficient (Wildman–Crippen LogP) is 1.14. The molecule has 1 atom stereocenters. The molecule has 2 rings (SSSR count). The second-order valence-electron chi connectivity index (χ2n) is 6.79. The minimum Gasteiger partial charge on any atom is -0.478 e. The molecule has 1 aliphatic rings. The van der Waals surface area contributed by atoms with Crippen LogP contribution in [0.2, 0.25) is 0 Å². The topological polar surface area (TPSA) is 178 Å². The Labute approximate surface area is 192 Å². The number of nitro groups is 1. The summed E-state index contributed by atoms with van der Waals surface area (Å²) in [5, 5.41) is 22.2. The van der Waals surface area contributed by atoms with Crippen LogP contribution in [0.4, 0.5) is 0 Å². The van der Waals surface area contributed by atoms with E-state index in [0.717, 1.165) is 28.9 Å². The van der Waals surface area contributed by atoms with Crippen molar-refractivity contribution in [2.45, 2.75) is 18.8 Å². The van der Waals surface area contributed by atoms with Gasteiger partial charge >= 0.3 is 17.6 Å². The van der Waals surface area contributed by atoms with Gasteiger partial charge in [0.1, 0.15) is 11.5 Å². The molecule has 178 valence electrons. The molecule has 1 aliphatic heterocycles. The number of nitrogens with two attached hydrogens (primary N) is 1. The second-order valence-corrected chi connectivity index (χ2v) is 7.68. The highest BCUT2D eigenvalue weighted by atomic mass is 32.2. The van der Waals surface area contributed by atoms with Crippen molar-refractivity contribution in [3.05, 3.63) is 51.0 Å². The highest BCUT2D eigenvalue weighted by molar-refractivity contribution is 7.99. The largest absolute Gasteiger partial charge is 0.478 e. The van der Waals surface area contributed by atoms with Crippen LogP contribution < -0.4 is 10.6 Å². The zero-order valence-electron chi connectivity index (χ0n) is 18.3. The number of carboxylic acids is 1.